The average molecular weight is 73.2 g/mol. The molecule has 1 N–H and O–H groups in total. The van der Waals surface area contributed by atoms with Crippen molar-refractivity contribution in [2.45, 2.75) is 0 Å². The van der Waals surface area contributed by atoms with Gasteiger partial charge in [0.15, 0.2) is 0 Å². The summed E-state index contributed by atoms with van der Waals surface area (Å²) in [5.41, 5.74) is 0. The smallest absolute Gasteiger partial charge is 0.0149 e. The largest absolute Gasteiger partial charge is 0.259 e. The molecule has 0 heterocycles. The fourth-order valence-electron chi connectivity index (χ4n) is 0. The van der Waals surface area contributed by atoms with Crippen molar-refractivity contribution in [3.8, 4) is 0 Å². The van der Waals surface area contributed by atoms with Gasteiger partial charge in [-0.1, -0.05) is 0 Å². The predicted octanol–water partition coefficient (Wildman–Crippen LogP) is -1.03. The first-order valence-corrected chi connectivity index (χ1v) is 0.604. The molecule has 0 aromatic rings. The molecule has 0 aliphatic heterocycles. The molecule has 0 radical (unpaired) electrons. The average Bonchev–Trinajstić information content (AvgIpc) is 0.918. The second-order valence-corrected chi connectivity index (χ2v) is 0.177. The molecule has 0 aromatic carbocycles. The first-order chi connectivity index (χ1) is 1.41. The molecule has 4 heavy (non-hydrogen) atoms. The third-order valence-corrected chi connectivity index (χ3v) is 0. The summed E-state index contributed by atoms with van der Waals surface area (Å²) in [6.07, 6.45) is 0. The van der Waals surface area contributed by atoms with E-state index in [0.717, 1.165) is 0 Å². The maximum atomic E-state index is 5.85. The molecule has 0 fully saturated rings. The highest BCUT2D eigenvalue weighted by Gasteiger charge is 0.918. The summed E-state index contributed by atoms with van der Waals surface area (Å²) in [5.74, 6) is 1.75. The quantitative estimate of drug-likeness (QED) is 0.280. The molecule has 1 nitrogen and oxygen atoms in total. The van der Waals surface area contributed by atoms with Crippen molar-refractivity contribution >= 4 is 16.8 Å². The lowest BCUT2D eigenvalue weighted by atomic mass is 11.2. The number of hydrogen-bond acceptors (Lipinski definition) is 1. The van der Waals surface area contributed by atoms with Crippen LogP contribution in [0.5, 0.6) is 0 Å². The minimum Gasteiger partial charge on any atom is -0.259 e. The van der Waals surface area contributed by atoms with Crippen LogP contribution in [0, 0.1) is 5.41 Å². The molecule has 0 unspecified atom stereocenters. The van der Waals surface area contributed by atoms with Gasteiger partial charge in [-0.15, -0.1) is 0 Å². The standard InChI is InChI=1S/C2H3N.H4Si/c1-2-3;/h3H,1H2;1H4. The molecule has 0 spiro atoms. The molecule has 0 amide bonds. The topological polar surface area (TPSA) is 23.9 Å². The van der Waals surface area contributed by atoms with E-state index in [4.69, 9.17) is 5.41 Å². The third-order valence-electron chi connectivity index (χ3n) is 0. The van der Waals surface area contributed by atoms with Gasteiger partial charge in [-0.05, 0) is 23.4 Å². The molecule has 0 aromatic heterocycles. The van der Waals surface area contributed by atoms with Gasteiger partial charge in [-0.25, -0.2) is 0 Å². The van der Waals surface area contributed by atoms with Crippen LogP contribution >= 0.6 is 0 Å². The van der Waals surface area contributed by atoms with Crippen molar-refractivity contribution in [2.24, 2.45) is 0 Å². The highest BCUT2D eigenvalue weighted by Crippen LogP contribution is 0.942. The molecule has 0 saturated carbocycles. The summed E-state index contributed by atoms with van der Waals surface area (Å²) in [6, 6.07) is 0. The van der Waals surface area contributed by atoms with Crippen molar-refractivity contribution in [3.63, 3.8) is 0 Å². The predicted molar refractivity (Wildman–Crippen MR) is 24.7 cm³/mol. The zero-order valence-corrected chi connectivity index (χ0v) is 1.71. The highest BCUT2D eigenvalue weighted by molar-refractivity contribution is 5.75. The lowest BCUT2D eigenvalue weighted by Gasteiger charge is -1.10. The molecule has 2 heteroatoms. The zero-order chi connectivity index (χ0) is 2.71. The Labute approximate surface area is 29.9 Å². The van der Waals surface area contributed by atoms with E-state index in [9.17, 15) is 0 Å². The van der Waals surface area contributed by atoms with E-state index in [1.54, 1.807) is 5.87 Å². The van der Waals surface area contributed by atoms with Crippen LogP contribution in [-0.2, 0) is 0 Å². The van der Waals surface area contributed by atoms with Crippen molar-refractivity contribution in [2.75, 3.05) is 0 Å². The van der Waals surface area contributed by atoms with Crippen LogP contribution in [0.15, 0.2) is 6.58 Å². The highest BCUT2D eigenvalue weighted by atomic mass is 28.1. The summed E-state index contributed by atoms with van der Waals surface area (Å²) in [5, 5.41) is 5.85. The summed E-state index contributed by atoms with van der Waals surface area (Å²) in [4.78, 5) is 0. The molecular weight excluding hydrogens is 66.1 g/mol. The van der Waals surface area contributed by atoms with Crippen LogP contribution in [0.25, 0.3) is 0 Å². The van der Waals surface area contributed by atoms with Gasteiger partial charge in [0, 0.05) is 0 Å². The van der Waals surface area contributed by atoms with E-state index in [1.165, 1.54) is 0 Å². The van der Waals surface area contributed by atoms with Crippen LogP contribution in [-0.4, -0.2) is 16.8 Å². The van der Waals surface area contributed by atoms with Gasteiger partial charge < -0.3 is 0 Å². The Morgan fingerprint density at radius 3 is 1.75 bits per heavy atom. The van der Waals surface area contributed by atoms with Crippen molar-refractivity contribution < 1.29 is 0 Å². The van der Waals surface area contributed by atoms with Crippen molar-refractivity contribution in [3.05, 3.63) is 6.58 Å². The monoisotopic (exact) mass is 73.0 g/mol. The number of rotatable bonds is 0. The fourth-order valence-corrected chi connectivity index (χ4v) is 0. The second-order valence-electron chi connectivity index (χ2n) is 0.177. The van der Waals surface area contributed by atoms with Gasteiger partial charge in [0.25, 0.3) is 0 Å². The van der Waals surface area contributed by atoms with Crippen LogP contribution < -0.4 is 0 Å². The molecule has 0 atom stereocenters. The van der Waals surface area contributed by atoms with Gasteiger partial charge in [0.1, 0.15) is 0 Å². The van der Waals surface area contributed by atoms with Gasteiger partial charge in [-0.3, -0.25) is 5.41 Å². The minimum atomic E-state index is 0. The van der Waals surface area contributed by atoms with E-state index < -0.39 is 0 Å². The lowest BCUT2D eigenvalue weighted by Crippen LogP contribution is -1.10. The first kappa shape index (κ1) is 9.39. The van der Waals surface area contributed by atoms with Crippen LogP contribution in [0.2, 0.25) is 0 Å². The van der Waals surface area contributed by atoms with E-state index in [1.807, 2.05) is 0 Å². The maximum Gasteiger partial charge on any atom is -0.0149 e. The van der Waals surface area contributed by atoms with Gasteiger partial charge in [0.2, 0.25) is 0 Å². The lowest BCUT2D eigenvalue weighted by molar-refractivity contribution is 1.60. The van der Waals surface area contributed by atoms with Gasteiger partial charge >= 0.3 is 0 Å². The Morgan fingerprint density at radius 2 is 1.75 bits per heavy atom. The van der Waals surface area contributed by atoms with E-state index in [-0.39, 0.29) is 11.0 Å². The van der Waals surface area contributed by atoms with Crippen LogP contribution in [0.3, 0.4) is 0 Å². The molecule has 0 bridgehead atoms. The van der Waals surface area contributed by atoms with Gasteiger partial charge in [-0.2, -0.15) is 0 Å². The summed E-state index contributed by atoms with van der Waals surface area (Å²) >= 11 is 0. The third kappa shape index (κ3) is 6.68. The number of nitrogens with one attached hydrogen (secondary N) is 1. The molecule has 0 saturated heterocycles. The molecule has 0 aliphatic rings. The normalized spacial score (nSPS) is 2.00. The van der Waals surface area contributed by atoms with E-state index in [2.05, 4.69) is 6.58 Å². The Morgan fingerprint density at radius 1 is 1.75 bits per heavy atom. The first-order valence-electron chi connectivity index (χ1n) is 0.604. The van der Waals surface area contributed by atoms with Crippen molar-refractivity contribution in [1.29, 1.82) is 5.41 Å². The fraction of sp³-hybridized carbons (Fsp3) is 0. The summed E-state index contributed by atoms with van der Waals surface area (Å²) in [6.45, 7) is 2.90. The second kappa shape index (κ2) is 16.7. The summed E-state index contributed by atoms with van der Waals surface area (Å²) in [7, 11) is 0. The van der Waals surface area contributed by atoms with E-state index >= 15 is 0 Å². The summed E-state index contributed by atoms with van der Waals surface area (Å²) < 4.78 is 0. The zero-order valence-electron chi connectivity index (χ0n) is 1.71. The minimum absolute atomic E-state index is 0. The molecular formula is C2H7NSi. The Hall–Kier alpha value is -0.333. The molecule has 0 rings (SSSR count). The van der Waals surface area contributed by atoms with Gasteiger partial charge in [0.05, 0.1) is 0 Å². The van der Waals surface area contributed by atoms with Crippen LogP contribution in [0.1, 0.15) is 0 Å². The van der Waals surface area contributed by atoms with E-state index in [0.29, 0.717) is 0 Å². The molecule has 24 valence electrons. The Bertz CT molecular complexity index is 27.0. The van der Waals surface area contributed by atoms with Crippen LogP contribution in [0.4, 0.5) is 0 Å². The Balaban J connectivity index is 0. The Kier molecular flexibility index (Phi) is 39.1. The maximum absolute atomic E-state index is 5.85. The van der Waals surface area contributed by atoms with Crippen molar-refractivity contribution in [1.82, 2.24) is 0 Å². The molecule has 0 aliphatic carbocycles. The number of hydrogen-bond donors (Lipinski definition) is 1. The SMILES string of the molecule is C=C=N.[SiH4].